The molecule has 2 aliphatic rings. The maximum absolute atomic E-state index is 6.21. The number of hydrogen-bond acceptors (Lipinski definition) is 2. The van der Waals surface area contributed by atoms with Gasteiger partial charge in [0.2, 0.25) is 0 Å². The minimum atomic E-state index is -0.285. The van der Waals surface area contributed by atoms with E-state index in [2.05, 4.69) is 52.0 Å². The molecule has 1 aromatic carbocycles. The molecule has 1 spiro atoms. The summed E-state index contributed by atoms with van der Waals surface area (Å²) in [5, 5.41) is 0. The van der Waals surface area contributed by atoms with Crippen LogP contribution in [0.25, 0.3) is 0 Å². The zero-order chi connectivity index (χ0) is 13.7. The van der Waals surface area contributed by atoms with E-state index in [4.69, 9.17) is 9.73 Å². The molecular formula is C17H23NO. The van der Waals surface area contributed by atoms with Gasteiger partial charge < -0.3 is 4.74 Å². The topological polar surface area (TPSA) is 21.6 Å². The Morgan fingerprint density at radius 1 is 1.21 bits per heavy atom. The molecule has 1 saturated heterocycles. The molecule has 0 N–H and O–H groups in total. The SMILES string of the molecule is Cc1ccc(C2=NC3(CCC(C)O3)C(C)(C)C2)cc1. The summed E-state index contributed by atoms with van der Waals surface area (Å²) < 4.78 is 6.21. The van der Waals surface area contributed by atoms with Gasteiger partial charge in [-0.1, -0.05) is 43.7 Å². The predicted molar refractivity (Wildman–Crippen MR) is 78.6 cm³/mol. The first-order valence-electron chi connectivity index (χ1n) is 7.25. The van der Waals surface area contributed by atoms with Gasteiger partial charge >= 0.3 is 0 Å². The monoisotopic (exact) mass is 257 g/mol. The van der Waals surface area contributed by atoms with E-state index in [1.165, 1.54) is 16.8 Å². The molecule has 0 aliphatic carbocycles. The summed E-state index contributed by atoms with van der Waals surface area (Å²) >= 11 is 0. The first-order chi connectivity index (χ1) is 8.92. The summed E-state index contributed by atoms with van der Waals surface area (Å²) in [5.74, 6) is 0. The van der Waals surface area contributed by atoms with Crippen LogP contribution in [0.3, 0.4) is 0 Å². The Labute approximate surface area is 115 Å². The predicted octanol–water partition coefficient (Wildman–Crippen LogP) is 4.11. The second-order valence-electron chi connectivity index (χ2n) is 6.74. The third kappa shape index (κ3) is 2.02. The minimum absolute atomic E-state index is 0.0952. The number of aryl methyl sites for hydroxylation is 1. The lowest BCUT2D eigenvalue weighted by Gasteiger charge is -2.35. The van der Waals surface area contributed by atoms with Crippen LogP contribution in [-0.2, 0) is 4.74 Å². The number of hydrogen-bond donors (Lipinski definition) is 0. The Kier molecular flexibility index (Phi) is 2.82. The molecule has 0 aromatic heterocycles. The number of rotatable bonds is 1. The molecule has 2 atom stereocenters. The van der Waals surface area contributed by atoms with Gasteiger partial charge in [0, 0.05) is 11.1 Å². The van der Waals surface area contributed by atoms with Crippen molar-refractivity contribution in [3.05, 3.63) is 35.4 Å². The third-order valence-electron chi connectivity index (χ3n) is 4.65. The van der Waals surface area contributed by atoms with Crippen molar-refractivity contribution in [2.75, 3.05) is 0 Å². The molecular weight excluding hydrogens is 234 g/mol. The summed E-state index contributed by atoms with van der Waals surface area (Å²) in [5.41, 5.74) is 3.56. The smallest absolute Gasteiger partial charge is 0.165 e. The van der Waals surface area contributed by atoms with Crippen LogP contribution in [0, 0.1) is 12.3 Å². The van der Waals surface area contributed by atoms with Gasteiger partial charge in [-0.15, -0.1) is 0 Å². The van der Waals surface area contributed by atoms with Gasteiger partial charge in [0.1, 0.15) is 0 Å². The zero-order valence-corrected chi connectivity index (χ0v) is 12.4. The molecule has 102 valence electrons. The Morgan fingerprint density at radius 3 is 2.47 bits per heavy atom. The molecule has 2 heteroatoms. The second kappa shape index (κ2) is 4.17. The largest absolute Gasteiger partial charge is 0.350 e. The van der Waals surface area contributed by atoms with E-state index >= 15 is 0 Å². The molecule has 1 aromatic rings. The van der Waals surface area contributed by atoms with E-state index in [1.54, 1.807) is 0 Å². The van der Waals surface area contributed by atoms with Gasteiger partial charge in [-0.2, -0.15) is 0 Å². The maximum Gasteiger partial charge on any atom is 0.165 e. The normalized spacial score (nSPS) is 32.8. The van der Waals surface area contributed by atoms with Crippen LogP contribution in [0.5, 0.6) is 0 Å². The van der Waals surface area contributed by atoms with E-state index in [0.29, 0.717) is 6.10 Å². The molecule has 0 radical (unpaired) electrons. The fourth-order valence-corrected chi connectivity index (χ4v) is 3.31. The van der Waals surface area contributed by atoms with Crippen LogP contribution in [0.4, 0.5) is 0 Å². The molecule has 2 heterocycles. The maximum atomic E-state index is 6.21. The first-order valence-corrected chi connectivity index (χ1v) is 7.25. The molecule has 19 heavy (non-hydrogen) atoms. The lowest BCUT2D eigenvalue weighted by atomic mass is 9.78. The van der Waals surface area contributed by atoms with E-state index in [1.807, 2.05) is 0 Å². The lowest BCUT2D eigenvalue weighted by Crippen LogP contribution is -2.39. The number of benzene rings is 1. The Balaban J connectivity index is 1.97. The third-order valence-corrected chi connectivity index (χ3v) is 4.65. The molecule has 1 fully saturated rings. The van der Waals surface area contributed by atoms with Crippen LogP contribution in [0.15, 0.2) is 29.3 Å². The van der Waals surface area contributed by atoms with Crippen molar-refractivity contribution in [3.63, 3.8) is 0 Å². The zero-order valence-electron chi connectivity index (χ0n) is 12.4. The average molecular weight is 257 g/mol. The average Bonchev–Trinajstić information content (AvgIpc) is 2.83. The fourth-order valence-electron chi connectivity index (χ4n) is 3.31. The Morgan fingerprint density at radius 2 is 1.89 bits per heavy atom. The highest BCUT2D eigenvalue weighted by molar-refractivity contribution is 6.02. The van der Waals surface area contributed by atoms with Gasteiger partial charge in [0.25, 0.3) is 0 Å². The van der Waals surface area contributed by atoms with Crippen LogP contribution >= 0.6 is 0 Å². The van der Waals surface area contributed by atoms with Crippen molar-refractivity contribution in [3.8, 4) is 0 Å². The summed E-state index contributed by atoms with van der Waals surface area (Å²) in [6.45, 7) is 8.85. The highest BCUT2D eigenvalue weighted by atomic mass is 16.5. The number of ether oxygens (including phenoxy) is 1. The summed E-state index contributed by atoms with van der Waals surface area (Å²) in [6, 6.07) is 8.69. The lowest BCUT2D eigenvalue weighted by molar-refractivity contribution is -0.0927. The molecule has 0 saturated carbocycles. The van der Waals surface area contributed by atoms with Crippen molar-refractivity contribution >= 4 is 5.71 Å². The summed E-state index contributed by atoms with van der Waals surface area (Å²) in [6.07, 6.45) is 3.51. The van der Waals surface area contributed by atoms with Crippen molar-refractivity contribution in [1.82, 2.24) is 0 Å². The van der Waals surface area contributed by atoms with Gasteiger partial charge in [-0.3, -0.25) is 4.99 Å². The Hall–Kier alpha value is -1.15. The van der Waals surface area contributed by atoms with Gasteiger partial charge in [-0.25, -0.2) is 0 Å². The highest BCUT2D eigenvalue weighted by Crippen LogP contribution is 2.51. The fraction of sp³-hybridized carbons (Fsp3) is 0.588. The van der Waals surface area contributed by atoms with Crippen molar-refractivity contribution in [2.24, 2.45) is 10.4 Å². The molecule has 2 unspecified atom stereocenters. The second-order valence-corrected chi connectivity index (χ2v) is 6.74. The number of aliphatic imine (C=N–C) groups is 1. The van der Waals surface area contributed by atoms with Crippen LogP contribution < -0.4 is 0 Å². The highest BCUT2D eigenvalue weighted by Gasteiger charge is 2.54. The van der Waals surface area contributed by atoms with Crippen molar-refractivity contribution < 1.29 is 4.74 Å². The molecule has 2 aliphatic heterocycles. The summed E-state index contributed by atoms with van der Waals surface area (Å²) in [4.78, 5) is 5.02. The standard InChI is InChI=1S/C17H23NO/c1-12-5-7-14(8-6-12)15-11-16(3,4)17(18-15)10-9-13(2)19-17/h5-8,13H,9-11H2,1-4H3. The van der Waals surface area contributed by atoms with E-state index in [-0.39, 0.29) is 11.1 Å². The number of nitrogens with zero attached hydrogens (tertiary/aromatic N) is 1. The molecule has 0 bridgehead atoms. The van der Waals surface area contributed by atoms with Crippen LogP contribution in [-0.4, -0.2) is 17.5 Å². The van der Waals surface area contributed by atoms with Gasteiger partial charge in [-0.05, 0) is 38.7 Å². The Bertz CT molecular complexity index is 515. The van der Waals surface area contributed by atoms with Crippen LogP contribution in [0.1, 0.15) is 51.2 Å². The van der Waals surface area contributed by atoms with Crippen molar-refractivity contribution in [1.29, 1.82) is 0 Å². The molecule has 0 amide bonds. The van der Waals surface area contributed by atoms with E-state index in [9.17, 15) is 0 Å². The first kappa shape index (κ1) is 12.9. The quantitative estimate of drug-likeness (QED) is 0.742. The van der Waals surface area contributed by atoms with Gasteiger partial charge in [0.05, 0.1) is 6.10 Å². The van der Waals surface area contributed by atoms with Gasteiger partial charge in [0.15, 0.2) is 5.72 Å². The van der Waals surface area contributed by atoms with E-state index < -0.39 is 0 Å². The van der Waals surface area contributed by atoms with Crippen LogP contribution in [0.2, 0.25) is 0 Å². The minimum Gasteiger partial charge on any atom is -0.350 e. The van der Waals surface area contributed by atoms with E-state index in [0.717, 1.165) is 19.3 Å². The molecule has 3 rings (SSSR count). The van der Waals surface area contributed by atoms with Crippen molar-refractivity contribution in [2.45, 2.75) is 58.8 Å². The molecule has 2 nitrogen and oxygen atoms in total. The summed E-state index contributed by atoms with van der Waals surface area (Å²) in [7, 11) is 0.